The van der Waals surface area contributed by atoms with Crippen molar-refractivity contribution in [2.24, 2.45) is 0 Å². The Morgan fingerprint density at radius 1 is 1.11 bits per heavy atom. The zero-order chi connectivity index (χ0) is 13.7. The lowest BCUT2D eigenvalue weighted by molar-refractivity contribution is 0.102. The van der Waals surface area contributed by atoms with Crippen LogP contribution in [0, 0.1) is 0 Å². The second-order valence-electron chi connectivity index (χ2n) is 3.49. The second-order valence-corrected chi connectivity index (χ2v) is 3.49. The maximum absolute atomic E-state index is 11.9. The molecule has 0 fully saturated rings. The Morgan fingerprint density at radius 2 is 1.89 bits per heavy atom. The van der Waals surface area contributed by atoms with Crippen molar-refractivity contribution in [1.82, 2.24) is 15.0 Å². The topological polar surface area (TPSA) is 86.2 Å². The van der Waals surface area contributed by atoms with Crippen LogP contribution in [0.4, 0.5) is 5.69 Å². The maximum atomic E-state index is 11.9. The molecule has 0 saturated carbocycles. The van der Waals surface area contributed by atoms with Crippen LogP contribution in [0.15, 0.2) is 30.7 Å². The van der Waals surface area contributed by atoms with Gasteiger partial charge in [-0.2, -0.15) is 0 Å². The summed E-state index contributed by atoms with van der Waals surface area (Å²) in [5.74, 6) is 0.433. The van der Waals surface area contributed by atoms with Gasteiger partial charge in [-0.3, -0.25) is 4.79 Å². The Kier molecular flexibility index (Phi) is 3.87. The summed E-state index contributed by atoms with van der Waals surface area (Å²) in [6.07, 6.45) is 2.76. The third kappa shape index (κ3) is 3.15. The van der Waals surface area contributed by atoms with Gasteiger partial charge in [-0.05, 0) is 6.07 Å². The summed E-state index contributed by atoms with van der Waals surface area (Å²) in [6.45, 7) is 0. The molecule has 2 heterocycles. The molecule has 0 aliphatic carbocycles. The predicted molar refractivity (Wildman–Crippen MR) is 67.3 cm³/mol. The van der Waals surface area contributed by atoms with Crippen LogP contribution >= 0.6 is 0 Å². The second kappa shape index (κ2) is 5.76. The van der Waals surface area contributed by atoms with Gasteiger partial charge >= 0.3 is 0 Å². The normalized spacial score (nSPS) is 9.79. The molecule has 0 atom stereocenters. The molecule has 0 unspecified atom stereocenters. The van der Waals surface area contributed by atoms with Crippen molar-refractivity contribution in [2.45, 2.75) is 0 Å². The smallest absolute Gasteiger partial charge is 0.274 e. The molecule has 2 rings (SSSR count). The molecule has 19 heavy (non-hydrogen) atoms. The fourth-order valence-electron chi connectivity index (χ4n) is 1.35. The van der Waals surface area contributed by atoms with Crippen molar-refractivity contribution in [1.29, 1.82) is 0 Å². The first-order valence-electron chi connectivity index (χ1n) is 5.40. The van der Waals surface area contributed by atoms with E-state index in [1.165, 1.54) is 32.8 Å². The Balaban J connectivity index is 2.11. The first-order valence-corrected chi connectivity index (χ1v) is 5.40. The average Bonchev–Trinajstić information content (AvgIpc) is 2.48. The van der Waals surface area contributed by atoms with Gasteiger partial charge in [0.1, 0.15) is 12.0 Å². The zero-order valence-electron chi connectivity index (χ0n) is 10.5. The van der Waals surface area contributed by atoms with Crippen LogP contribution in [0.3, 0.4) is 0 Å². The number of nitrogens with one attached hydrogen (secondary N) is 1. The summed E-state index contributed by atoms with van der Waals surface area (Å²) in [5, 5.41) is 2.66. The minimum Gasteiger partial charge on any atom is -0.481 e. The van der Waals surface area contributed by atoms with E-state index in [1.807, 2.05) is 0 Å². The molecule has 0 aromatic carbocycles. The SMILES string of the molecule is COc1ccc(NC(=O)c2cc(OC)ncn2)cn1. The van der Waals surface area contributed by atoms with Crippen LogP contribution in [-0.4, -0.2) is 35.1 Å². The van der Waals surface area contributed by atoms with E-state index in [4.69, 9.17) is 9.47 Å². The van der Waals surface area contributed by atoms with Crippen molar-refractivity contribution in [2.75, 3.05) is 19.5 Å². The fourth-order valence-corrected chi connectivity index (χ4v) is 1.35. The number of nitrogens with zero attached hydrogens (tertiary/aromatic N) is 3. The lowest BCUT2D eigenvalue weighted by Crippen LogP contribution is -2.14. The third-order valence-electron chi connectivity index (χ3n) is 2.29. The van der Waals surface area contributed by atoms with Gasteiger partial charge in [-0.15, -0.1) is 0 Å². The molecule has 1 N–H and O–H groups in total. The highest BCUT2D eigenvalue weighted by Gasteiger charge is 2.09. The van der Waals surface area contributed by atoms with Gasteiger partial charge in [0.15, 0.2) is 0 Å². The molecule has 0 radical (unpaired) electrons. The molecule has 2 aromatic heterocycles. The van der Waals surface area contributed by atoms with Gasteiger partial charge in [0.2, 0.25) is 11.8 Å². The molecular weight excluding hydrogens is 248 g/mol. The van der Waals surface area contributed by atoms with Gasteiger partial charge < -0.3 is 14.8 Å². The highest BCUT2D eigenvalue weighted by Crippen LogP contribution is 2.13. The van der Waals surface area contributed by atoms with Crippen molar-refractivity contribution in [3.05, 3.63) is 36.4 Å². The Hall–Kier alpha value is -2.70. The summed E-state index contributed by atoms with van der Waals surface area (Å²) in [6, 6.07) is 4.78. The van der Waals surface area contributed by atoms with E-state index in [0.29, 0.717) is 17.4 Å². The fraction of sp³-hybridized carbons (Fsp3) is 0.167. The molecule has 98 valence electrons. The number of hydrogen-bond donors (Lipinski definition) is 1. The van der Waals surface area contributed by atoms with Crippen LogP contribution < -0.4 is 14.8 Å². The first kappa shape index (κ1) is 12.7. The molecule has 0 aliphatic rings. The minimum atomic E-state index is -0.368. The van der Waals surface area contributed by atoms with Gasteiger partial charge in [-0.1, -0.05) is 0 Å². The van der Waals surface area contributed by atoms with Crippen molar-refractivity contribution >= 4 is 11.6 Å². The molecule has 2 aromatic rings. The number of rotatable bonds is 4. The summed E-state index contributed by atoms with van der Waals surface area (Å²) in [5.41, 5.74) is 0.756. The average molecular weight is 260 g/mol. The van der Waals surface area contributed by atoms with E-state index in [1.54, 1.807) is 12.1 Å². The summed E-state index contributed by atoms with van der Waals surface area (Å²) in [7, 11) is 2.99. The van der Waals surface area contributed by atoms with Crippen molar-refractivity contribution < 1.29 is 14.3 Å². The maximum Gasteiger partial charge on any atom is 0.274 e. The zero-order valence-corrected chi connectivity index (χ0v) is 10.5. The van der Waals surface area contributed by atoms with Crippen molar-refractivity contribution in [3.63, 3.8) is 0 Å². The van der Waals surface area contributed by atoms with Gasteiger partial charge in [0.25, 0.3) is 5.91 Å². The monoisotopic (exact) mass is 260 g/mol. The Bertz CT molecular complexity index is 571. The van der Waals surface area contributed by atoms with E-state index in [-0.39, 0.29) is 11.6 Å². The Morgan fingerprint density at radius 3 is 2.53 bits per heavy atom. The molecule has 0 bridgehead atoms. The van der Waals surface area contributed by atoms with Gasteiger partial charge in [0.05, 0.1) is 26.1 Å². The lowest BCUT2D eigenvalue weighted by atomic mass is 10.3. The number of pyridine rings is 1. The van der Waals surface area contributed by atoms with Crippen LogP contribution in [-0.2, 0) is 0 Å². The molecular formula is C12H12N4O3. The first-order chi connectivity index (χ1) is 9.22. The third-order valence-corrected chi connectivity index (χ3v) is 2.29. The minimum absolute atomic E-state index is 0.211. The number of aromatic nitrogens is 3. The van der Waals surface area contributed by atoms with Gasteiger partial charge in [0, 0.05) is 12.1 Å². The lowest BCUT2D eigenvalue weighted by Gasteiger charge is -2.05. The molecule has 0 spiro atoms. The number of amides is 1. The molecule has 7 nitrogen and oxygen atoms in total. The van der Waals surface area contributed by atoms with Gasteiger partial charge in [-0.25, -0.2) is 15.0 Å². The number of methoxy groups -OCH3 is 2. The van der Waals surface area contributed by atoms with E-state index >= 15 is 0 Å². The summed E-state index contributed by atoms with van der Waals surface area (Å²) >= 11 is 0. The van der Waals surface area contributed by atoms with E-state index in [9.17, 15) is 4.79 Å². The summed E-state index contributed by atoms with van der Waals surface area (Å²) < 4.78 is 9.85. The van der Waals surface area contributed by atoms with E-state index in [0.717, 1.165) is 0 Å². The van der Waals surface area contributed by atoms with Crippen LogP contribution in [0.5, 0.6) is 11.8 Å². The molecule has 0 aliphatic heterocycles. The van der Waals surface area contributed by atoms with Crippen LogP contribution in [0.2, 0.25) is 0 Å². The standard InChI is InChI=1S/C12H12N4O3/c1-18-10-4-3-8(6-13-10)16-12(17)9-5-11(19-2)15-7-14-9/h3-7H,1-2H3,(H,16,17). The number of anilines is 1. The van der Waals surface area contributed by atoms with Crippen LogP contribution in [0.25, 0.3) is 0 Å². The largest absolute Gasteiger partial charge is 0.481 e. The number of ether oxygens (including phenoxy) is 2. The highest BCUT2D eigenvalue weighted by molar-refractivity contribution is 6.02. The van der Waals surface area contributed by atoms with E-state index < -0.39 is 0 Å². The molecule has 1 amide bonds. The Labute approximate surface area is 109 Å². The summed E-state index contributed by atoms with van der Waals surface area (Å²) in [4.78, 5) is 23.6. The highest BCUT2D eigenvalue weighted by atomic mass is 16.5. The number of hydrogen-bond acceptors (Lipinski definition) is 6. The predicted octanol–water partition coefficient (Wildman–Crippen LogP) is 1.14. The quantitative estimate of drug-likeness (QED) is 0.887. The van der Waals surface area contributed by atoms with Crippen LogP contribution in [0.1, 0.15) is 10.5 Å². The molecule has 7 heteroatoms. The van der Waals surface area contributed by atoms with Crippen molar-refractivity contribution in [3.8, 4) is 11.8 Å². The number of carbonyl (C=O) groups excluding carboxylic acids is 1. The molecule has 0 saturated heterocycles. The van der Waals surface area contributed by atoms with E-state index in [2.05, 4.69) is 20.3 Å². The number of carbonyl (C=O) groups is 1.